The summed E-state index contributed by atoms with van der Waals surface area (Å²) in [5.74, 6) is 1.73. The molecule has 3 heterocycles. The highest BCUT2D eigenvalue weighted by atomic mass is 32.2. The number of hydrogen-bond acceptors (Lipinski definition) is 8. The van der Waals surface area contributed by atoms with E-state index in [1.807, 2.05) is 38.1 Å². The second-order valence-corrected chi connectivity index (χ2v) is 10.9. The molecule has 3 aromatic heterocycles. The van der Waals surface area contributed by atoms with Crippen LogP contribution in [0.3, 0.4) is 0 Å². The minimum Gasteiger partial charge on any atom is -0.383 e. The van der Waals surface area contributed by atoms with Gasteiger partial charge in [-0.15, -0.1) is 11.3 Å². The third-order valence-corrected chi connectivity index (χ3v) is 8.18. The number of benzene rings is 1. The van der Waals surface area contributed by atoms with Gasteiger partial charge in [-0.05, 0) is 63.6 Å². The zero-order valence-electron chi connectivity index (χ0n) is 19.5. The molecule has 9 heteroatoms. The fourth-order valence-corrected chi connectivity index (χ4v) is 6.59. The summed E-state index contributed by atoms with van der Waals surface area (Å²) in [5.41, 5.74) is 8.41. The Bertz CT molecular complexity index is 1400. The summed E-state index contributed by atoms with van der Waals surface area (Å²) in [6.45, 7) is 5.17. The Kier molecular flexibility index (Phi) is 6.85. The zero-order valence-corrected chi connectivity index (χ0v) is 21.2. The second kappa shape index (κ2) is 10.0. The lowest BCUT2D eigenvalue weighted by Gasteiger charge is -2.14. The van der Waals surface area contributed by atoms with E-state index in [2.05, 4.69) is 4.98 Å². The first kappa shape index (κ1) is 23.3. The smallest absolute Gasteiger partial charge is 0.262 e. The molecule has 1 aliphatic carbocycles. The summed E-state index contributed by atoms with van der Waals surface area (Å²) in [4.78, 5) is 29.9. The first-order valence-electron chi connectivity index (χ1n) is 11.8. The molecule has 178 valence electrons. The lowest BCUT2D eigenvalue weighted by Crippen LogP contribution is -2.24. The number of nitrogen functional groups attached to an aromatic ring is 1. The van der Waals surface area contributed by atoms with Crippen LogP contribution in [0.2, 0.25) is 0 Å². The molecule has 4 aromatic rings. The minimum atomic E-state index is -0.0283. The molecule has 0 fully saturated rings. The first-order valence-corrected chi connectivity index (χ1v) is 13.6. The first-order chi connectivity index (χ1) is 16.5. The lowest BCUT2D eigenvalue weighted by molar-refractivity contribution is 0.0743. The van der Waals surface area contributed by atoms with Gasteiger partial charge < -0.3 is 10.5 Å². The Balaban J connectivity index is 1.43. The van der Waals surface area contributed by atoms with Crippen LogP contribution in [0, 0.1) is 0 Å². The Morgan fingerprint density at radius 2 is 2.00 bits per heavy atom. The van der Waals surface area contributed by atoms with Crippen molar-refractivity contribution >= 4 is 50.0 Å². The molecule has 0 radical (unpaired) electrons. The summed E-state index contributed by atoms with van der Waals surface area (Å²) in [6.07, 6.45) is 5.49. The number of thioether (sulfide) groups is 1. The van der Waals surface area contributed by atoms with Crippen molar-refractivity contribution < 1.29 is 4.74 Å². The van der Waals surface area contributed by atoms with Crippen molar-refractivity contribution in [3.8, 4) is 0 Å². The van der Waals surface area contributed by atoms with Crippen LogP contribution in [0.15, 0.2) is 34.2 Å². The molecule has 0 spiro atoms. The van der Waals surface area contributed by atoms with Crippen LogP contribution in [0.4, 0.5) is 5.82 Å². The number of aryl methyl sites for hydroxylation is 2. The van der Waals surface area contributed by atoms with E-state index in [1.165, 1.54) is 35.0 Å². The predicted octanol–water partition coefficient (Wildman–Crippen LogP) is 4.97. The van der Waals surface area contributed by atoms with Crippen molar-refractivity contribution in [3.63, 3.8) is 0 Å². The van der Waals surface area contributed by atoms with Crippen molar-refractivity contribution in [2.45, 2.75) is 69.5 Å². The van der Waals surface area contributed by atoms with Crippen LogP contribution in [0.1, 0.15) is 49.4 Å². The predicted molar refractivity (Wildman–Crippen MR) is 140 cm³/mol. The van der Waals surface area contributed by atoms with Gasteiger partial charge in [-0.1, -0.05) is 23.9 Å². The van der Waals surface area contributed by atoms with E-state index in [0.717, 1.165) is 29.5 Å². The fraction of sp³-hybridized carbons (Fsp3) is 0.440. The van der Waals surface area contributed by atoms with Gasteiger partial charge in [-0.25, -0.2) is 15.0 Å². The van der Waals surface area contributed by atoms with Gasteiger partial charge in [0, 0.05) is 18.0 Å². The molecule has 7 nitrogen and oxygen atoms in total. The summed E-state index contributed by atoms with van der Waals surface area (Å²) in [7, 11) is 0. The number of fused-ring (bicyclic) bond motifs is 4. The normalized spacial score (nSPS) is 13.7. The maximum Gasteiger partial charge on any atom is 0.262 e. The van der Waals surface area contributed by atoms with Crippen LogP contribution in [0.25, 0.3) is 21.1 Å². The highest BCUT2D eigenvalue weighted by Crippen LogP contribution is 2.38. The van der Waals surface area contributed by atoms with Crippen LogP contribution in [-0.4, -0.2) is 32.2 Å². The molecule has 0 saturated carbocycles. The number of hydrogen-bond donors (Lipinski definition) is 1. The number of thiophene rings is 1. The van der Waals surface area contributed by atoms with Crippen LogP contribution >= 0.6 is 23.1 Å². The summed E-state index contributed by atoms with van der Waals surface area (Å²) in [6, 6.07) is 7.48. The third kappa shape index (κ3) is 4.69. The maximum atomic E-state index is 13.2. The average molecular weight is 496 g/mol. The largest absolute Gasteiger partial charge is 0.383 e. The number of rotatable bonds is 8. The van der Waals surface area contributed by atoms with Gasteiger partial charge in [0.15, 0.2) is 5.16 Å². The standard InChI is InChI=1S/C25H29N5O2S2/c1-15(2)32-13-7-12-30-24(31)16-8-3-5-10-18(16)27-25(30)33-14-20-28-22(26)21-17-9-4-6-11-19(17)34-23(21)29-20/h3,5,8,10,15H,4,6-7,9,11-14H2,1-2H3,(H2,26,28,29). The number of nitrogens with zero attached hydrogens (tertiary/aromatic N) is 4. The van der Waals surface area contributed by atoms with Crippen molar-refractivity contribution in [3.05, 3.63) is 50.9 Å². The number of ether oxygens (including phenoxy) is 1. The Labute approximate surface area is 206 Å². The van der Waals surface area contributed by atoms with Gasteiger partial charge in [0.2, 0.25) is 0 Å². The van der Waals surface area contributed by atoms with Gasteiger partial charge in [0.25, 0.3) is 5.56 Å². The fourth-order valence-electron chi connectivity index (χ4n) is 4.42. The molecule has 1 aromatic carbocycles. The lowest BCUT2D eigenvalue weighted by atomic mass is 9.97. The Morgan fingerprint density at radius 3 is 2.85 bits per heavy atom. The van der Waals surface area contributed by atoms with Gasteiger partial charge in [0.1, 0.15) is 16.5 Å². The highest BCUT2D eigenvalue weighted by Gasteiger charge is 2.20. The van der Waals surface area contributed by atoms with Gasteiger partial charge >= 0.3 is 0 Å². The zero-order chi connectivity index (χ0) is 23.7. The highest BCUT2D eigenvalue weighted by molar-refractivity contribution is 7.98. The number of aromatic nitrogens is 4. The second-order valence-electron chi connectivity index (χ2n) is 8.85. The molecule has 0 atom stereocenters. The van der Waals surface area contributed by atoms with E-state index >= 15 is 0 Å². The van der Waals surface area contributed by atoms with Gasteiger partial charge in [-0.3, -0.25) is 9.36 Å². The number of anilines is 1. The molecule has 5 rings (SSSR count). The summed E-state index contributed by atoms with van der Waals surface area (Å²) in [5, 5.41) is 2.34. The molecular formula is C25H29N5O2S2. The molecule has 34 heavy (non-hydrogen) atoms. The molecule has 0 amide bonds. The van der Waals surface area contributed by atoms with Crippen molar-refractivity contribution in [1.29, 1.82) is 0 Å². The molecular weight excluding hydrogens is 466 g/mol. The van der Waals surface area contributed by atoms with E-state index in [9.17, 15) is 4.79 Å². The molecule has 2 N–H and O–H groups in total. The molecule has 0 bridgehead atoms. The molecule has 1 aliphatic rings. The van der Waals surface area contributed by atoms with Crippen molar-refractivity contribution in [2.24, 2.45) is 0 Å². The van der Waals surface area contributed by atoms with E-state index in [1.54, 1.807) is 15.9 Å². The average Bonchev–Trinajstić information content (AvgIpc) is 3.20. The number of para-hydroxylation sites is 1. The van der Waals surface area contributed by atoms with Crippen LogP contribution in [-0.2, 0) is 29.9 Å². The minimum absolute atomic E-state index is 0.0283. The van der Waals surface area contributed by atoms with Crippen molar-refractivity contribution in [2.75, 3.05) is 12.3 Å². The molecule has 0 saturated heterocycles. The quantitative estimate of drug-likeness (QED) is 0.209. The maximum absolute atomic E-state index is 13.2. The summed E-state index contributed by atoms with van der Waals surface area (Å²) < 4.78 is 7.43. The third-order valence-electron chi connectivity index (χ3n) is 6.02. The van der Waals surface area contributed by atoms with E-state index in [-0.39, 0.29) is 11.7 Å². The van der Waals surface area contributed by atoms with E-state index < -0.39 is 0 Å². The van der Waals surface area contributed by atoms with E-state index in [0.29, 0.717) is 46.6 Å². The van der Waals surface area contributed by atoms with Crippen LogP contribution < -0.4 is 11.3 Å². The van der Waals surface area contributed by atoms with Gasteiger partial charge in [0.05, 0.1) is 28.1 Å². The topological polar surface area (TPSA) is 95.9 Å². The monoisotopic (exact) mass is 495 g/mol. The summed E-state index contributed by atoms with van der Waals surface area (Å²) >= 11 is 3.23. The van der Waals surface area contributed by atoms with Gasteiger partial charge in [-0.2, -0.15) is 0 Å². The number of nitrogens with two attached hydrogens (primary N) is 1. The van der Waals surface area contributed by atoms with Crippen molar-refractivity contribution in [1.82, 2.24) is 19.5 Å². The molecule has 0 unspecified atom stereocenters. The molecule has 0 aliphatic heterocycles. The Morgan fingerprint density at radius 1 is 1.18 bits per heavy atom. The van der Waals surface area contributed by atoms with Crippen LogP contribution in [0.5, 0.6) is 0 Å². The Hall–Kier alpha value is -2.49. The van der Waals surface area contributed by atoms with E-state index in [4.69, 9.17) is 20.4 Å². The SMILES string of the molecule is CC(C)OCCCn1c(SCc2nc(N)c3c4c(sc3n2)CCCC4)nc2ccccc2c1=O.